The Balaban J connectivity index is 2.32. The molecule has 1 aliphatic rings. The number of piperidine rings is 1. The molecule has 0 aliphatic carbocycles. The molecule has 2 rings (SSSR count). The average Bonchev–Trinajstić information content (AvgIpc) is 2.51. The van der Waals surface area contributed by atoms with Gasteiger partial charge in [-0.25, -0.2) is 0 Å². The maximum atomic E-state index is 6.00. The van der Waals surface area contributed by atoms with Gasteiger partial charge in [0.15, 0.2) is 0 Å². The van der Waals surface area contributed by atoms with Crippen molar-refractivity contribution in [1.82, 2.24) is 9.78 Å². The Bertz CT molecular complexity index is 445. The predicted molar refractivity (Wildman–Crippen MR) is 80.5 cm³/mol. The number of anilines is 1. The highest BCUT2D eigenvalue weighted by atomic mass is 15.4. The van der Waals surface area contributed by atoms with Gasteiger partial charge in [0.05, 0.1) is 5.69 Å². The van der Waals surface area contributed by atoms with E-state index in [1.54, 1.807) is 0 Å². The van der Waals surface area contributed by atoms with Crippen LogP contribution in [-0.4, -0.2) is 28.9 Å². The van der Waals surface area contributed by atoms with Crippen molar-refractivity contribution in [2.45, 2.75) is 53.0 Å². The Morgan fingerprint density at radius 3 is 2.68 bits per heavy atom. The Morgan fingerprint density at radius 2 is 2.11 bits per heavy atom. The molecule has 0 spiro atoms. The summed E-state index contributed by atoms with van der Waals surface area (Å²) < 4.78 is 2.04. The molecule has 0 amide bonds. The molecule has 0 aromatic carbocycles. The quantitative estimate of drug-likeness (QED) is 0.911. The number of nitrogens with zero attached hydrogens (tertiary/aromatic N) is 3. The van der Waals surface area contributed by atoms with Crippen LogP contribution in [0.4, 0.5) is 5.82 Å². The van der Waals surface area contributed by atoms with Crippen LogP contribution in [0.5, 0.6) is 0 Å². The summed E-state index contributed by atoms with van der Waals surface area (Å²) in [5.41, 5.74) is 8.84. The van der Waals surface area contributed by atoms with Gasteiger partial charge in [-0.15, -0.1) is 0 Å². The van der Waals surface area contributed by atoms with Crippen molar-refractivity contribution in [3.8, 4) is 0 Å². The molecule has 1 aromatic heterocycles. The third-order valence-electron chi connectivity index (χ3n) is 4.04. The minimum atomic E-state index is 0.180. The van der Waals surface area contributed by atoms with Gasteiger partial charge >= 0.3 is 0 Å². The second kappa shape index (κ2) is 5.16. The van der Waals surface area contributed by atoms with Gasteiger partial charge in [0, 0.05) is 31.7 Å². The monoisotopic (exact) mass is 264 g/mol. The van der Waals surface area contributed by atoms with E-state index >= 15 is 0 Å². The maximum Gasteiger partial charge on any atom is 0.130 e. The number of nitrogens with two attached hydrogens (primary N) is 1. The van der Waals surface area contributed by atoms with Crippen LogP contribution in [0.3, 0.4) is 0 Å². The van der Waals surface area contributed by atoms with E-state index in [9.17, 15) is 0 Å². The number of hydrogen-bond acceptors (Lipinski definition) is 3. The van der Waals surface area contributed by atoms with E-state index in [1.165, 1.54) is 24.2 Å². The van der Waals surface area contributed by atoms with Gasteiger partial charge in [-0.05, 0) is 38.5 Å². The van der Waals surface area contributed by atoms with Crippen LogP contribution in [0.1, 0.15) is 44.9 Å². The van der Waals surface area contributed by atoms with E-state index in [-0.39, 0.29) is 6.04 Å². The highest BCUT2D eigenvalue weighted by Crippen LogP contribution is 2.34. The lowest BCUT2D eigenvalue weighted by Crippen LogP contribution is -2.41. The van der Waals surface area contributed by atoms with Gasteiger partial charge in [-0.2, -0.15) is 5.10 Å². The predicted octanol–water partition coefficient (Wildman–Crippen LogP) is 2.24. The second-order valence-corrected chi connectivity index (χ2v) is 6.88. The first-order valence-electron chi connectivity index (χ1n) is 7.33. The molecule has 1 saturated heterocycles. The van der Waals surface area contributed by atoms with Crippen molar-refractivity contribution in [3.05, 3.63) is 11.3 Å². The fourth-order valence-electron chi connectivity index (χ4n) is 3.25. The number of aromatic nitrogens is 2. The highest BCUT2D eigenvalue weighted by Gasteiger charge is 2.30. The van der Waals surface area contributed by atoms with Crippen molar-refractivity contribution in [3.63, 3.8) is 0 Å². The van der Waals surface area contributed by atoms with Gasteiger partial charge < -0.3 is 10.6 Å². The van der Waals surface area contributed by atoms with Gasteiger partial charge in [0.1, 0.15) is 5.82 Å². The summed E-state index contributed by atoms with van der Waals surface area (Å²) in [4.78, 5) is 2.50. The van der Waals surface area contributed by atoms with Crippen LogP contribution in [0.2, 0.25) is 0 Å². The van der Waals surface area contributed by atoms with E-state index in [4.69, 9.17) is 5.73 Å². The lowest BCUT2D eigenvalue weighted by atomic mass is 9.84. The molecule has 0 radical (unpaired) electrons. The fourth-order valence-corrected chi connectivity index (χ4v) is 3.25. The summed E-state index contributed by atoms with van der Waals surface area (Å²) in [6.07, 6.45) is 3.48. The Labute approximate surface area is 117 Å². The summed E-state index contributed by atoms with van der Waals surface area (Å²) in [5.74, 6) is 1.28. The van der Waals surface area contributed by atoms with Crippen LogP contribution in [0, 0.1) is 12.3 Å². The second-order valence-electron chi connectivity index (χ2n) is 6.88. The topological polar surface area (TPSA) is 47.1 Å². The first kappa shape index (κ1) is 14.4. The van der Waals surface area contributed by atoms with E-state index in [2.05, 4.69) is 44.7 Å². The van der Waals surface area contributed by atoms with E-state index in [1.807, 2.05) is 4.68 Å². The van der Waals surface area contributed by atoms with Crippen molar-refractivity contribution in [1.29, 1.82) is 0 Å². The lowest BCUT2D eigenvalue weighted by Gasteiger charge is -2.39. The normalized spacial score (nSPS) is 20.6. The SMILES string of the molecule is Cc1nn(C)c(N2CCCC(C)(C)C2)c1CC(C)N. The van der Waals surface area contributed by atoms with Crippen molar-refractivity contribution < 1.29 is 0 Å². The summed E-state index contributed by atoms with van der Waals surface area (Å²) in [6.45, 7) is 11.1. The molecule has 2 heterocycles. The summed E-state index contributed by atoms with van der Waals surface area (Å²) in [7, 11) is 2.05. The summed E-state index contributed by atoms with van der Waals surface area (Å²) in [5, 5.41) is 4.61. The molecular formula is C15H28N4. The minimum Gasteiger partial charge on any atom is -0.356 e. The molecule has 0 saturated carbocycles. The number of hydrogen-bond donors (Lipinski definition) is 1. The molecule has 1 aromatic rings. The Kier molecular flexibility index (Phi) is 3.90. The van der Waals surface area contributed by atoms with Crippen LogP contribution in [-0.2, 0) is 13.5 Å². The first-order chi connectivity index (χ1) is 8.80. The maximum absolute atomic E-state index is 6.00. The molecule has 4 nitrogen and oxygen atoms in total. The van der Waals surface area contributed by atoms with Crippen LogP contribution in [0.15, 0.2) is 0 Å². The smallest absolute Gasteiger partial charge is 0.130 e. The minimum absolute atomic E-state index is 0.180. The fraction of sp³-hybridized carbons (Fsp3) is 0.800. The molecule has 1 fully saturated rings. The van der Waals surface area contributed by atoms with Crippen LogP contribution < -0.4 is 10.6 Å². The number of aryl methyl sites for hydroxylation is 2. The largest absolute Gasteiger partial charge is 0.356 e. The average molecular weight is 264 g/mol. The molecule has 108 valence electrons. The van der Waals surface area contributed by atoms with Crippen LogP contribution >= 0.6 is 0 Å². The third kappa shape index (κ3) is 3.11. The zero-order chi connectivity index (χ0) is 14.2. The molecule has 1 aliphatic heterocycles. The molecule has 4 heteroatoms. The van der Waals surface area contributed by atoms with E-state index in [0.29, 0.717) is 5.41 Å². The first-order valence-corrected chi connectivity index (χ1v) is 7.33. The Morgan fingerprint density at radius 1 is 1.42 bits per heavy atom. The van der Waals surface area contributed by atoms with Gasteiger partial charge in [-0.1, -0.05) is 13.8 Å². The molecule has 1 atom stereocenters. The van der Waals surface area contributed by atoms with Gasteiger partial charge in [0.2, 0.25) is 0 Å². The molecule has 0 bridgehead atoms. The van der Waals surface area contributed by atoms with E-state index < -0.39 is 0 Å². The zero-order valence-electron chi connectivity index (χ0n) is 13.0. The zero-order valence-corrected chi connectivity index (χ0v) is 13.0. The number of rotatable bonds is 3. The summed E-state index contributed by atoms with van der Waals surface area (Å²) >= 11 is 0. The van der Waals surface area contributed by atoms with Gasteiger partial charge in [0.25, 0.3) is 0 Å². The summed E-state index contributed by atoms with van der Waals surface area (Å²) in [6, 6.07) is 0.180. The molecule has 19 heavy (non-hydrogen) atoms. The molecular weight excluding hydrogens is 236 g/mol. The molecule has 2 N–H and O–H groups in total. The van der Waals surface area contributed by atoms with Crippen LogP contribution in [0.25, 0.3) is 0 Å². The molecule has 1 unspecified atom stereocenters. The van der Waals surface area contributed by atoms with E-state index in [0.717, 1.165) is 25.2 Å². The highest BCUT2D eigenvalue weighted by molar-refractivity contribution is 5.51. The van der Waals surface area contributed by atoms with Crippen molar-refractivity contribution in [2.24, 2.45) is 18.2 Å². The Hall–Kier alpha value is -1.03. The lowest BCUT2D eigenvalue weighted by molar-refractivity contribution is 0.290. The van der Waals surface area contributed by atoms with Gasteiger partial charge in [-0.3, -0.25) is 4.68 Å². The standard InChI is InChI=1S/C15H28N4/c1-11(16)9-13-12(2)17-18(5)14(13)19-8-6-7-15(3,4)10-19/h11H,6-10,16H2,1-5H3. The van der Waals surface area contributed by atoms with Crippen molar-refractivity contribution >= 4 is 5.82 Å². The third-order valence-corrected chi connectivity index (χ3v) is 4.04. The van der Waals surface area contributed by atoms with Crippen molar-refractivity contribution in [2.75, 3.05) is 18.0 Å².